The summed E-state index contributed by atoms with van der Waals surface area (Å²) in [6.45, 7) is 4.97. The SMILES string of the molecule is Cc1cc(S(=O)(=O)Nc2ccc(C(=O)N3CCOC(C)C3)cc2)ccc1F. The van der Waals surface area contributed by atoms with Crippen molar-refractivity contribution in [2.24, 2.45) is 0 Å². The summed E-state index contributed by atoms with van der Waals surface area (Å²) in [5.74, 6) is -0.581. The molecule has 6 nitrogen and oxygen atoms in total. The molecule has 27 heavy (non-hydrogen) atoms. The molecule has 1 aliphatic heterocycles. The van der Waals surface area contributed by atoms with Gasteiger partial charge in [-0.2, -0.15) is 0 Å². The molecule has 1 N–H and O–H groups in total. The monoisotopic (exact) mass is 392 g/mol. The van der Waals surface area contributed by atoms with Crippen LogP contribution in [0.3, 0.4) is 0 Å². The summed E-state index contributed by atoms with van der Waals surface area (Å²) in [6.07, 6.45) is -0.00653. The molecule has 1 amide bonds. The molecule has 1 saturated heterocycles. The highest BCUT2D eigenvalue weighted by atomic mass is 32.2. The molecule has 0 bridgehead atoms. The number of carbonyl (C=O) groups is 1. The number of aryl methyl sites for hydroxylation is 1. The molecule has 144 valence electrons. The van der Waals surface area contributed by atoms with Gasteiger partial charge in [0, 0.05) is 24.3 Å². The molecule has 0 aromatic heterocycles. The molecule has 2 aromatic carbocycles. The molecule has 0 radical (unpaired) electrons. The Balaban J connectivity index is 1.73. The van der Waals surface area contributed by atoms with Gasteiger partial charge in [0.25, 0.3) is 15.9 Å². The third-order valence-corrected chi connectivity index (χ3v) is 5.73. The number of amides is 1. The van der Waals surface area contributed by atoms with Gasteiger partial charge in [-0.05, 0) is 61.9 Å². The van der Waals surface area contributed by atoms with Gasteiger partial charge >= 0.3 is 0 Å². The fraction of sp³-hybridized carbons (Fsp3) is 0.316. The van der Waals surface area contributed by atoms with E-state index in [4.69, 9.17) is 4.74 Å². The number of nitrogens with one attached hydrogen (secondary N) is 1. The van der Waals surface area contributed by atoms with E-state index in [2.05, 4.69) is 4.72 Å². The summed E-state index contributed by atoms with van der Waals surface area (Å²) < 4.78 is 46.1. The first-order valence-electron chi connectivity index (χ1n) is 8.56. The van der Waals surface area contributed by atoms with Gasteiger partial charge in [-0.15, -0.1) is 0 Å². The van der Waals surface area contributed by atoms with E-state index in [1.807, 2.05) is 6.92 Å². The van der Waals surface area contributed by atoms with Crippen LogP contribution < -0.4 is 4.72 Å². The van der Waals surface area contributed by atoms with E-state index in [1.165, 1.54) is 31.2 Å². The van der Waals surface area contributed by atoms with Gasteiger partial charge in [-0.1, -0.05) is 0 Å². The molecule has 8 heteroatoms. The average Bonchev–Trinajstić information content (AvgIpc) is 2.63. The van der Waals surface area contributed by atoms with Crippen LogP contribution in [0, 0.1) is 12.7 Å². The third kappa shape index (κ3) is 4.45. The number of hydrogen-bond acceptors (Lipinski definition) is 4. The minimum atomic E-state index is -3.84. The summed E-state index contributed by atoms with van der Waals surface area (Å²) in [5, 5.41) is 0. The summed E-state index contributed by atoms with van der Waals surface area (Å²) in [5.41, 5.74) is 1.05. The van der Waals surface area contributed by atoms with Crippen molar-refractivity contribution < 1.29 is 22.3 Å². The van der Waals surface area contributed by atoms with Gasteiger partial charge in [0.05, 0.1) is 17.6 Å². The lowest BCUT2D eigenvalue weighted by Crippen LogP contribution is -2.44. The standard InChI is InChI=1S/C19H21FN2O4S/c1-13-11-17(7-8-18(13)20)27(24,25)21-16-5-3-15(4-6-16)19(23)22-9-10-26-14(2)12-22/h3-8,11,14,21H,9-10,12H2,1-2H3. The Hall–Kier alpha value is -2.45. The number of anilines is 1. The zero-order valence-electron chi connectivity index (χ0n) is 15.1. The van der Waals surface area contributed by atoms with E-state index >= 15 is 0 Å². The molecular formula is C19H21FN2O4S. The van der Waals surface area contributed by atoms with Gasteiger partial charge in [-0.3, -0.25) is 9.52 Å². The molecular weight excluding hydrogens is 371 g/mol. The first-order valence-corrected chi connectivity index (χ1v) is 10.0. The lowest BCUT2D eigenvalue weighted by atomic mass is 10.1. The second kappa shape index (κ2) is 7.66. The minimum absolute atomic E-state index is 0.00653. The lowest BCUT2D eigenvalue weighted by Gasteiger charge is -2.31. The molecule has 1 unspecified atom stereocenters. The van der Waals surface area contributed by atoms with Crippen molar-refractivity contribution in [2.75, 3.05) is 24.4 Å². The fourth-order valence-corrected chi connectivity index (χ4v) is 4.01. The van der Waals surface area contributed by atoms with E-state index in [1.54, 1.807) is 17.0 Å². The van der Waals surface area contributed by atoms with Crippen LogP contribution in [0.1, 0.15) is 22.8 Å². The number of rotatable bonds is 4. The van der Waals surface area contributed by atoms with Crippen LogP contribution >= 0.6 is 0 Å². The van der Waals surface area contributed by atoms with Gasteiger partial charge in [0.15, 0.2) is 0 Å². The maximum absolute atomic E-state index is 13.4. The zero-order valence-corrected chi connectivity index (χ0v) is 15.9. The van der Waals surface area contributed by atoms with E-state index in [0.29, 0.717) is 30.9 Å². The van der Waals surface area contributed by atoms with Crippen molar-refractivity contribution in [3.8, 4) is 0 Å². The number of ether oxygens (including phenoxy) is 1. The molecule has 1 heterocycles. The van der Waals surface area contributed by atoms with Gasteiger partial charge in [0.1, 0.15) is 5.82 Å². The summed E-state index contributed by atoms with van der Waals surface area (Å²) in [7, 11) is -3.84. The quantitative estimate of drug-likeness (QED) is 0.868. The fourth-order valence-electron chi connectivity index (χ4n) is 2.86. The Kier molecular flexibility index (Phi) is 5.48. The van der Waals surface area contributed by atoms with Crippen LogP contribution in [0.5, 0.6) is 0 Å². The van der Waals surface area contributed by atoms with E-state index in [0.717, 1.165) is 6.07 Å². The predicted octanol–water partition coefficient (Wildman–Crippen LogP) is 2.80. The van der Waals surface area contributed by atoms with E-state index in [9.17, 15) is 17.6 Å². The maximum Gasteiger partial charge on any atom is 0.261 e. The Labute approximate surface area is 158 Å². The van der Waals surface area contributed by atoms with Crippen molar-refractivity contribution in [1.29, 1.82) is 0 Å². The molecule has 0 saturated carbocycles. The van der Waals surface area contributed by atoms with Gasteiger partial charge < -0.3 is 9.64 Å². The molecule has 3 rings (SSSR count). The zero-order chi connectivity index (χ0) is 19.6. The van der Waals surface area contributed by atoms with Crippen molar-refractivity contribution in [3.05, 3.63) is 59.4 Å². The Morgan fingerprint density at radius 3 is 2.56 bits per heavy atom. The first kappa shape index (κ1) is 19.3. The van der Waals surface area contributed by atoms with Gasteiger partial charge in [-0.25, -0.2) is 12.8 Å². The number of carbonyl (C=O) groups excluding carboxylic acids is 1. The Morgan fingerprint density at radius 1 is 1.22 bits per heavy atom. The minimum Gasteiger partial charge on any atom is -0.375 e. The second-order valence-corrected chi connectivity index (χ2v) is 8.21. The summed E-state index contributed by atoms with van der Waals surface area (Å²) in [6, 6.07) is 9.83. The van der Waals surface area contributed by atoms with Crippen LogP contribution in [0.15, 0.2) is 47.4 Å². The highest BCUT2D eigenvalue weighted by Gasteiger charge is 2.22. The second-order valence-electron chi connectivity index (χ2n) is 6.53. The third-order valence-electron chi connectivity index (χ3n) is 4.35. The molecule has 1 fully saturated rings. The van der Waals surface area contributed by atoms with Crippen LogP contribution in [0.25, 0.3) is 0 Å². The van der Waals surface area contributed by atoms with E-state index in [-0.39, 0.29) is 22.5 Å². The Morgan fingerprint density at radius 2 is 1.93 bits per heavy atom. The molecule has 0 spiro atoms. The smallest absolute Gasteiger partial charge is 0.261 e. The van der Waals surface area contributed by atoms with Crippen molar-refractivity contribution >= 4 is 21.6 Å². The largest absolute Gasteiger partial charge is 0.375 e. The van der Waals surface area contributed by atoms with Gasteiger partial charge in [0.2, 0.25) is 0 Å². The van der Waals surface area contributed by atoms with Crippen molar-refractivity contribution in [3.63, 3.8) is 0 Å². The van der Waals surface area contributed by atoms with Crippen LogP contribution in [0.2, 0.25) is 0 Å². The van der Waals surface area contributed by atoms with Crippen molar-refractivity contribution in [2.45, 2.75) is 24.8 Å². The molecule has 0 aliphatic carbocycles. The van der Waals surface area contributed by atoms with Crippen LogP contribution in [-0.4, -0.2) is 45.0 Å². The number of benzene rings is 2. The maximum atomic E-state index is 13.4. The number of hydrogen-bond donors (Lipinski definition) is 1. The molecule has 1 aliphatic rings. The number of morpholine rings is 1. The number of halogens is 1. The highest BCUT2D eigenvalue weighted by Crippen LogP contribution is 2.20. The molecule has 1 atom stereocenters. The topological polar surface area (TPSA) is 75.7 Å². The first-order chi connectivity index (χ1) is 12.8. The van der Waals surface area contributed by atoms with Crippen LogP contribution in [0.4, 0.5) is 10.1 Å². The highest BCUT2D eigenvalue weighted by molar-refractivity contribution is 7.92. The normalized spacial score (nSPS) is 17.6. The van der Waals surface area contributed by atoms with E-state index < -0.39 is 15.8 Å². The Bertz CT molecular complexity index is 945. The lowest BCUT2D eigenvalue weighted by molar-refractivity contribution is -0.0124. The average molecular weight is 392 g/mol. The number of nitrogens with zero attached hydrogens (tertiary/aromatic N) is 1. The summed E-state index contributed by atoms with van der Waals surface area (Å²) in [4.78, 5) is 14.2. The summed E-state index contributed by atoms with van der Waals surface area (Å²) >= 11 is 0. The van der Waals surface area contributed by atoms with Crippen LogP contribution in [-0.2, 0) is 14.8 Å². The number of sulfonamides is 1. The molecule has 2 aromatic rings. The van der Waals surface area contributed by atoms with Crippen molar-refractivity contribution in [1.82, 2.24) is 4.90 Å². The predicted molar refractivity (Wildman–Crippen MR) is 99.7 cm³/mol.